The van der Waals surface area contributed by atoms with E-state index in [1.165, 1.54) is 19.4 Å². The summed E-state index contributed by atoms with van der Waals surface area (Å²) in [5.41, 5.74) is 1.95. The van der Waals surface area contributed by atoms with Gasteiger partial charge in [-0.2, -0.15) is 0 Å². The first-order valence-corrected chi connectivity index (χ1v) is 8.91. The van der Waals surface area contributed by atoms with E-state index in [0.717, 1.165) is 43.1 Å². The van der Waals surface area contributed by atoms with Crippen molar-refractivity contribution in [3.63, 3.8) is 0 Å². The Bertz CT molecular complexity index is 756. The zero-order valence-electron chi connectivity index (χ0n) is 14.1. The summed E-state index contributed by atoms with van der Waals surface area (Å²) in [7, 11) is 0. The first-order valence-electron chi connectivity index (χ1n) is 8.91. The highest BCUT2D eigenvalue weighted by atomic mass is 16.1. The van der Waals surface area contributed by atoms with Crippen molar-refractivity contribution in [1.82, 2.24) is 19.0 Å². The highest BCUT2D eigenvalue weighted by Gasteiger charge is 2.32. The molecule has 1 atom stereocenters. The quantitative estimate of drug-likeness (QED) is 0.851. The van der Waals surface area contributed by atoms with Crippen molar-refractivity contribution in [2.45, 2.75) is 45.7 Å². The molecule has 2 aliphatic rings. The molecule has 5 heteroatoms. The molecule has 2 aromatic heterocycles. The maximum absolute atomic E-state index is 13.0. The lowest BCUT2D eigenvalue weighted by atomic mass is 10.2. The summed E-state index contributed by atoms with van der Waals surface area (Å²) in [6.45, 7) is 8.37. The molecule has 1 saturated carbocycles. The number of aromatic nitrogens is 3. The Morgan fingerprint density at radius 3 is 2.87 bits per heavy atom. The van der Waals surface area contributed by atoms with E-state index in [2.05, 4.69) is 23.7 Å². The van der Waals surface area contributed by atoms with E-state index in [-0.39, 0.29) is 11.7 Å². The molecule has 0 aromatic carbocycles. The zero-order valence-corrected chi connectivity index (χ0v) is 14.1. The highest BCUT2D eigenvalue weighted by Crippen LogP contribution is 2.32. The van der Waals surface area contributed by atoms with Crippen LogP contribution < -0.4 is 5.69 Å². The minimum absolute atomic E-state index is 0.116. The summed E-state index contributed by atoms with van der Waals surface area (Å²) in [5, 5.41) is 0. The predicted octanol–water partition coefficient (Wildman–Crippen LogP) is 2.51. The van der Waals surface area contributed by atoms with Crippen molar-refractivity contribution < 1.29 is 0 Å². The molecule has 2 fully saturated rings. The molecule has 0 radical (unpaired) electrons. The Labute approximate surface area is 136 Å². The van der Waals surface area contributed by atoms with Gasteiger partial charge in [0.1, 0.15) is 0 Å². The van der Waals surface area contributed by atoms with Gasteiger partial charge in [0, 0.05) is 32.4 Å². The minimum Gasteiger partial charge on any atom is -0.301 e. The van der Waals surface area contributed by atoms with E-state index in [1.807, 2.05) is 21.3 Å². The lowest BCUT2D eigenvalue weighted by Crippen LogP contribution is -2.31. The van der Waals surface area contributed by atoms with Crippen molar-refractivity contribution in [2.75, 3.05) is 19.6 Å². The molecule has 0 bridgehead atoms. The van der Waals surface area contributed by atoms with Crippen LogP contribution in [0.3, 0.4) is 0 Å². The van der Waals surface area contributed by atoms with Crippen LogP contribution in [-0.4, -0.2) is 38.7 Å². The number of nitrogens with zero attached hydrogens (tertiary/aromatic N) is 4. The van der Waals surface area contributed by atoms with Crippen LogP contribution in [0.15, 0.2) is 23.1 Å². The molecule has 3 heterocycles. The maximum Gasteiger partial charge on any atom is 0.330 e. The molecule has 2 aromatic rings. The second kappa shape index (κ2) is 5.78. The monoisotopic (exact) mass is 314 g/mol. The zero-order chi connectivity index (χ0) is 16.0. The molecule has 0 N–H and O–H groups in total. The number of pyridine rings is 1. The molecular formula is C18H26N4O. The fraction of sp³-hybridized carbons (Fsp3) is 0.667. The van der Waals surface area contributed by atoms with Crippen LogP contribution in [0.2, 0.25) is 0 Å². The van der Waals surface area contributed by atoms with Crippen LogP contribution in [0.25, 0.3) is 11.2 Å². The van der Waals surface area contributed by atoms with Crippen molar-refractivity contribution in [3.8, 4) is 0 Å². The minimum atomic E-state index is 0.116. The van der Waals surface area contributed by atoms with Crippen molar-refractivity contribution in [1.29, 1.82) is 0 Å². The van der Waals surface area contributed by atoms with E-state index in [4.69, 9.17) is 0 Å². The smallest absolute Gasteiger partial charge is 0.301 e. The van der Waals surface area contributed by atoms with Gasteiger partial charge in [-0.15, -0.1) is 0 Å². The van der Waals surface area contributed by atoms with Crippen LogP contribution in [0.4, 0.5) is 0 Å². The first-order chi connectivity index (χ1) is 11.1. The van der Waals surface area contributed by atoms with Crippen LogP contribution in [0.1, 0.15) is 39.2 Å². The third kappa shape index (κ3) is 2.82. The summed E-state index contributed by atoms with van der Waals surface area (Å²) < 4.78 is 3.88. The van der Waals surface area contributed by atoms with Gasteiger partial charge >= 0.3 is 5.69 Å². The van der Waals surface area contributed by atoms with E-state index in [0.29, 0.717) is 5.92 Å². The van der Waals surface area contributed by atoms with Crippen molar-refractivity contribution in [2.24, 2.45) is 11.8 Å². The Morgan fingerprint density at radius 1 is 1.30 bits per heavy atom. The summed E-state index contributed by atoms with van der Waals surface area (Å²) in [4.78, 5) is 20.1. The molecular weight excluding hydrogens is 288 g/mol. The summed E-state index contributed by atoms with van der Waals surface area (Å²) in [6, 6.07) is 4.23. The SMILES string of the molecule is CC(C)Cn1c(=O)n([C@@H]2CCN(CC3CC3)C2)c2ncccc21. The fourth-order valence-electron chi connectivity index (χ4n) is 3.83. The van der Waals surface area contributed by atoms with Gasteiger partial charge in [0.25, 0.3) is 0 Å². The van der Waals surface area contributed by atoms with Crippen LogP contribution in [0, 0.1) is 11.8 Å². The van der Waals surface area contributed by atoms with Gasteiger partial charge in [-0.3, -0.25) is 9.13 Å². The van der Waals surface area contributed by atoms with Gasteiger partial charge < -0.3 is 4.90 Å². The van der Waals surface area contributed by atoms with E-state index in [1.54, 1.807) is 6.20 Å². The second-order valence-electron chi connectivity index (χ2n) is 7.65. The highest BCUT2D eigenvalue weighted by molar-refractivity contribution is 5.71. The molecule has 1 aliphatic carbocycles. The number of imidazole rings is 1. The number of rotatable bonds is 5. The van der Waals surface area contributed by atoms with Gasteiger partial charge in [0.2, 0.25) is 0 Å². The van der Waals surface area contributed by atoms with Gasteiger partial charge in [0.15, 0.2) is 5.65 Å². The van der Waals surface area contributed by atoms with Gasteiger partial charge in [-0.1, -0.05) is 13.8 Å². The largest absolute Gasteiger partial charge is 0.330 e. The summed E-state index contributed by atoms with van der Waals surface area (Å²) in [5.74, 6) is 1.35. The maximum atomic E-state index is 13.0. The van der Waals surface area contributed by atoms with Crippen molar-refractivity contribution >= 4 is 11.2 Å². The molecule has 0 amide bonds. The third-order valence-corrected chi connectivity index (χ3v) is 5.10. The van der Waals surface area contributed by atoms with Gasteiger partial charge in [-0.25, -0.2) is 9.78 Å². The summed E-state index contributed by atoms with van der Waals surface area (Å²) >= 11 is 0. The molecule has 1 saturated heterocycles. The van der Waals surface area contributed by atoms with Gasteiger partial charge in [0.05, 0.1) is 11.6 Å². The molecule has 1 aliphatic heterocycles. The topological polar surface area (TPSA) is 43.1 Å². The Morgan fingerprint density at radius 2 is 2.13 bits per heavy atom. The average Bonchev–Trinajstić information content (AvgIpc) is 3.15. The standard InChI is InChI=1S/C18H26N4O/c1-13(2)10-21-16-4-3-8-19-17(16)22(18(21)23)15-7-9-20(12-15)11-14-5-6-14/h3-4,8,13-15H,5-7,9-12H2,1-2H3/t15-/m1/s1. The number of fused-ring (bicyclic) bond motifs is 1. The predicted molar refractivity (Wildman–Crippen MR) is 91.6 cm³/mol. The first kappa shape index (κ1) is 14.9. The van der Waals surface area contributed by atoms with Crippen LogP contribution >= 0.6 is 0 Å². The van der Waals surface area contributed by atoms with E-state index in [9.17, 15) is 4.79 Å². The number of likely N-dealkylation sites (tertiary alicyclic amines) is 1. The molecule has 124 valence electrons. The molecule has 4 rings (SSSR count). The fourth-order valence-corrected chi connectivity index (χ4v) is 3.83. The lowest BCUT2D eigenvalue weighted by molar-refractivity contribution is 0.310. The Balaban J connectivity index is 1.69. The molecule has 5 nitrogen and oxygen atoms in total. The number of hydrogen-bond acceptors (Lipinski definition) is 3. The van der Waals surface area contributed by atoms with Crippen LogP contribution in [0.5, 0.6) is 0 Å². The van der Waals surface area contributed by atoms with Gasteiger partial charge in [-0.05, 0) is 43.2 Å². The molecule has 23 heavy (non-hydrogen) atoms. The molecule has 0 spiro atoms. The summed E-state index contributed by atoms with van der Waals surface area (Å²) in [6.07, 6.45) is 5.63. The second-order valence-corrected chi connectivity index (χ2v) is 7.65. The average molecular weight is 314 g/mol. The van der Waals surface area contributed by atoms with Crippen molar-refractivity contribution in [3.05, 3.63) is 28.8 Å². The molecule has 0 unspecified atom stereocenters. The number of hydrogen-bond donors (Lipinski definition) is 0. The van der Waals surface area contributed by atoms with E-state index < -0.39 is 0 Å². The third-order valence-electron chi connectivity index (χ3n) is 5.10. The van der Waals surface area contributed by atoms with Crippen LogP contribution in [-0.2, 0) is 6.54 Å². The lowest BCUT2D eigenvalue weighted by Gasteiger charge is -2.16. The Hall–Kier alpha value is -1.62. The van der Waals surface area contributed by atoms with E-state index >= 15 is 0 Å². The Kier molecular flexibility index (Phi) is 3.76. The normalized spacial score (nSPS) is 22.5.